The fourth-order valence-corrected chi connectivity index (χ4v) is 3.96. The summed E-state index contributed by atoms with van der Waals surface area (Å²) in [7, 11) is 0. The predicted octanol–water partition coefficient (Wildman–Crippen LogP) is 3.70. The van der Waals surface area contributed by atoms with Crippen LogP contribution in [0.3, 0.4) is 0 Å². The van der Waals surface area contributed by atoms with E-state index in [-0.39, 0.29) is 5.56 Å². The first-order valence-corrected chi connectivity index (χ1v) is 9.61. The fourth-order valence-electron chi connectivity index (χ4n) is 3.12. The molecule has 136 valence electrons. The summed E-state index contributed by atoms with van der Waals surface area (Å²) in [6.45, 7) is 5.85. The second-order valence-electron chi connectivity index (χ2n) is 6.44. The van der Waals surface area contributed by atoms with E-state index in [1.54, 1.807) is 6.07 Å². The molecule has 0 radical (unpaired) electrons. The molecule has 0 unspecified atom stereocenters. The van der Waals surface area contributed by atoms with Gasteiger partial charge in [-0.2, -0.15) is 0 Å². The second kappa shape index (κ2) is 7.00. The maximum absolute atomic E-state index is 12.6. The third-order valence-corrected chi connectivity index (χ3v) is 5.10. The summed E-state index contributed by atoms with van der Waals surface area (Å²) in [5, 5.41) is 3.82. The molecule has 0 saturated heterocycles. The van der Waals surface area contributed by atoms with E-state index in [4.69, 9.17) is 4.98 Å². The lowest BCUT2D eigenvalue weighted by molar-refractivity contribution is 0.870. The maximum Gasteiger partial charge on any atom is 0.272 e. The van der Waals surface area contributed by atoms with Crippen molar-refractivity contribution in [3.8, 4) is 11.1 Å². The van der Waals surface area contributed by atoms with Gasteiger partial charge in [0, 0.05) is 34.5 Å². The van der Waals surface area contributed by atoms with Crippen LogP contribution in [0.25, 0.3) is 16.8 Å². The molecule has 0 atom stereocenters. The summed E-state index contributed by atoms with van der Waals surface area (Å²) < 4.78 is 1.50. The van der Waals surface area contributed by atoms with Gasteiger partial charge in [-0.3, -0.25) is 9.89 Å². The highest BCUT2D eigenvalue weighted by Gasteiger charge is 2.15. The molecule has 6 nitrogen and oxygen atoms in total. The summed E-state index contributed by atoms with van der Waals surface area (Å²) in [5.41, 5.74) is 5.98. The standard InChI is InChI=1S/C20H19N5OS/c1-12-9-13(2)22-20(21-12)27-11-16-10-17(26)25-19(23-16)18(14(3)24-25)15-7-5-4-6-8-15/h4-10,24H,11H2,1-3H3. The van der Waals surface area contributed by atoms with Crippen LogP contribution in [-0.4, -0.2) is 24.6 Å². The van der Waals surface area contributed by atoms with Crippen LogP contribution >= 0.6 is 11.8 Å². The molecule has 0 fully saturated rings. The molecule has 0 bridgehead atoms. The molecule has 0 aliphatic carbocycles. The molecular formula is C20H19N5OS. The van der Waals surface area contributed by atoms with Crippen LogP contribution in [0.15, 0.2) is 52.4 Å². The van der Waals surface area contributed by atoms with Crippen molar-refractivity contribution in [2.75, 3.05) is 0 Å². The largest absolute Gasteiger partial charge is 0.293 e. The first kappa shape index (κ1) is 17.5. The number of aromatic amines is 1. The zero-order valence-electron chi connectivity index (χ0n) is 15.4. The summed E-state index contributed by atoms with van der Waals surface area (Å²) >= 11 is 1.48. The van der Waals surface area contributed by atoms with Gasteiger partial charge in [-0.25, -0.2) is 19.5 Å². The monoisotopic (exact) mass is 377 g/mol. The Labute approximate surface area is 160 Å². The third-order valence-electron chi connectivity index (χ3n) is 4.22. The van der Waals surface area contributed by atoms with Gasteiger partial charge in [-0.1, -0.05) is 42.1 Å². The van der Waals surface area contributed by atoms with E-state index < -0.39 is 0 Å². The minimum absolute atomic E-state index is 0.123. The smallest absolute Gasteiger partial charge is 0.272 e. The Morgan fingerprint density at radius 1 is 1.00 bits per heavy atom. The number of rotatable bonds is 4. The topological polar surface area (TPSA) is 75.9 Å². The van der Waals surface area contributed by atoms with Crippen LogP contribution < -0.4 is 5.56 Å². The zero-order chi connectivity index (χ0) is 19.0. The molecule has 4 aromatic rings. The molecule has 0 saturated carbocycles. The quantitative estimate of drug-likeness (QED) is 0.433. The summed E-state index contributed by atoms with van der Waals surface area (Å²) in [6, 6.07) is 13.5. The lowest BCUT2D eigenvalue weighted by Crippen LogP contribution is -2.15. The van der Waals surface area contributed by atoms with Crippen molar-refractivity contribution in [2.45, 2.75) is 31.7 Å². The van der Waals surface area contributed by atoms with Gasteiger partial charge in [0.25, 0.3) is 5.56 Å². The number of nitrogens with zero attached hydrogens (tertiary/aromatic N) is 4. The lowest BCUT2D eigenvalue weighted by atomic mass is 10.1. The lowest BCUT2D eigenvalue weighted by Gasteiger charge is -2.04. The van der Waals surface area contributed by atoms with E-state index in [9.17, 15) is 4.79 Å². The molecule has 1 aromatic carbocycles. The van der Waals surface area contributed by atoms with Crippen LogP contribution in [0.5, 0.6) is 0 Å². The van der Waals surface area contributed by atoms with Gasteiger partial charge in [0.1, 0.15) is 0 Å². The van der Waals surface area contributed by atoms with E-state index in [2.05, 4.69) is 15.1 Å². The average molecular weight is 377 g/mol. The van der Waals surface area contributed by atoms with Gasteiger partial charge in [-0.15, -0.1) is 0 Å². The second-order valence-corrected chi connectivity index (χ2v) is 7.39. The Morgan fingerprint density at radius 2 is 1.70 bits per heavy atom. The Balaban J connectivity index is 1.73. The van der Waals surface area contributed by atoms with Gasteiger partial charge in [0.2, 0.25) is 0 Å². The molecule has 1 N–H and O–H groups in total. The van der Waals surface area contributed by atoms with E-state index in [1.807, 2.05) is 57.2 Å². The Kier molecular flexibility index (Phi) is 4.53. The van der Waals surface area contributed by atoms with Gasteiger partial charge >= 0.3 is 0 Å². The van der Waals surface area contributed by atoms with Crippen molar-refractivity contribution >= 4 is 17.4 Å². The van der Waals surface area contributed by atoms with Crippen LogP contribution in [0.4, 0.5) is 0 Å². The van der Waals surface area contributed by atoms with Gasteiger partial charge in [0.05, 0.1) is 5.69 Å². The normalized spacial score (nSPS) is 11.2. The molecule has 0 spiro atoms. The van der Waals surface area contributed by atoms with Crippen molar-refractivity contribution in [1.82, 2.24) is 24.6 Å². The Hall–Kier alpha value is -2.93. The number of aryl methyl sites for hydroxylation is 3. The zero-order valence-corrected chi connectivity index (χ0v) is 16.2. The summed E-state index contributed by atoms with van der Waals surface area (Å²) in [4.78, 5) is 26.2. The molecular weight excluding hydrogens is 358 g/mol. The Bertz CT molecular complexity index is 1160. The highest BCUT2D eigenvalue weighted by Crippen LogP contribution is 2.27. The van der Waals surface area contributed by atoms with E-state index in [1.165, 1.54) is 16.3 Å². The molecule has 0 aliphatic rings. The first-order chi connectivity index (χ1) is 13.0. The van der Waals surface area contributed by atoms with Crippen molar-refractivity contribution in [3.05, 3.63) is 75.6 Å². The number of fused-ring (bicyclic) bond motifs is 1. The minimum atomic E-state index is -0.123. The van der Waals surface area contributed by atoms with Gasteiger partial charge < -0.3 is 0 Å². The van der Waals surface area contributed by atoms with Crippen LogP contribution in [0.1, 0.15) is 22.8 Å². The van der Waals surface area contributed by atoms with E-state index in [0.29, 0.717) is 22.3 Å². The molecule has 4 rings (SSSR count). The number of thioether (sulfide) groups is 1. The fraction of sp³-hybridized carbons (Fsp3) is 0.200. The first-order valence-electron chi connectivity index (χ1n) is 8.63. The maximum atomic E-state index is 12.6. The Morgan fingerprint density at radius 3 is 2.41 bits per heavy atom. The third kappa shape index (κ3) is 3.50. The number of H-pyrrole nitrogens is 1. The SMILES string of the molecule is Cc1cc(C)nc(SCc2cc(=O)n3[nH]c(C)c(-c4ccccc4)c3n2)n1. The van der Waals surface area contributed by atoms with Crippen molar-refractivity contribution in [2.24, 2.45) is 0 Å². The van der Waals surface area contributed by atoms with Gasteiger partial charge in [-0.05, 0) is 32.4 Å². The summed E-state index contributed by atoms with van der Waals surface area (Å²) in [6.07, 6.45) is 0. The molecule has 0 amide bonds. The number of aromatic nitrogens is 5. The van der Waals surface area contributed by atoms with E-state index in [0.717, 1.165) is 28.2 Å². The molecule has 0 aliphatic heterocycles. The number of hydrogen-bond donors (Lipinski definition) is 1. The van der Waals surface area contributed by atoms with Crippen molar-refractivity contribution in [3.63, 3.8) is 0 Å². The highest BCUT2D eigenvalue weighted by atomic mass is 32.2. The molecule has 7 heteroatoms. The van der Waals surface area contributed by atoms with Crippen LogP contribution in [0.2, 0.25) is 0 Å². The van der Waals surface area contributed by atoms with Crippen molar-refractivity contribution < 1.29 is 0 Å². The number of nitrogens with one attached hydrogen (secondary N) is 1. The molecule has 27 heavy (non-hydrogen) atoms. The van der Waals surface area contributed by atoms with Crippen LogP contribution in [-0.2, 0) is 5.75 Å². The molecule has 3 aromatic heterocycles. The number of hydrogen-bond acceptors (Lipinski definition) is 5. The minimum Gasteiger partial charge on any atom is -0.293 e. The van der Waals surface area contributed by atoms with Crippen LogP contribution in [0, 0.1) is 20.8 Å². The van der Waals surface area contributed by atoms with Crippen molar-refractivity contribution in [1.29, 1.82) is 0 Å². The van der Waals surface area contributed by atoms with E-state index >= 15 is 0 Å². The van der Waals surface area contributed by atoms with Gasteiger partial charge in [0.15, 0.2) is 10.8 Å². The average Bonchev–Trinajstić information content (AvgIpc) is 2.96. The molecule has 3 heterocycles. The number of benzene rings is 1. The predicted molar refractivity (Wildman–Crippen MR) is 107 cm³/mol. The summed E-state index contributed by atoms with van der Waals surface area (Å²) in [5.74, 6) is 0.535. The highest BCUT2D eigenvalue weighted by molar-refractivity contribution is 7.98.